The number of hydrogen-bond donors (Lipinski definition) is 2. The van der Waals surface area contributed by atoms with Crippen LogP contribution in [0.5, 0.6) is 0 Å². The quantitative estimate of drug-likeness (QED) is 0.748. The van der Waals surface area contributed by atoms with Crippen LogP contribution in [0.15, 0.2) is 40.6 Å². The summed E-state index contributed by atoms with van der Waals surface area (Å²) in [6, 6.07) is 10.7. The third kappa shape index (κ3) is 3.68. The first-order chi connectivity index (χ1) is 9.03. The largest absolute Gasteiger partial charge is 0.330 e. The number of anilines is 1. The molecular formula is C12H13IN2O2S2. The predicted molar refractivity (Wildman–Crippen MR) is 87.0 cm³/mol. The number of nitrogens with two attached hydrogens (primary N) is 1. The van der Waals surface area contributed by atoms with Gasteiger partial charge in [-0.25, -0.2) is 8.42 Å². The lowest BCUT2D eigenvalue weighted by atomic mass is 10.3. The Labute approximate surface area is 130 Å². The first-order valence-corrected chi connectivity index (χ1v) is 8.97. The van der Waals surface area contributed by atoms with Gasteiger partial charge in [-0.3, -0.25) is 4.72 Å². The predicted octanol–water partition coefficient (Wildman–Crippen LogP) is 2.65. The molecule has 0 fully saturated rings. The van der Waals surface area contributed by atoms with Gasteiger partial charge in [0.15, 0.2) is 0 Å². The van der Waals surface area contributed by atoms with Gasteiger partial charge in [0.25, 0.3) is 10.0 Å². The summed E-state index contributed by atoms with van der Waals surface area (Å²) in [5, 5.41) is 0. The molecule has 2 rings (SSSR count). The summed E-state index contributed by atoms with van der Waals surface area (Å²) in [6.45, 7) is 0.518. The average Bonchev–Trinajstić information content (AvgIpc) is 2.82. The fourth-order valence-corrected chi connectivity index (χ4v) is 4.67. The van der Waals surface area contributed by atoms with Crippen molar-refractivity contribution in [3.8, 4) is 0 Å². The topological polar surface area (TPSA) is 72.2 Å². The van der Waals surface area contributed by atoms with Crippen LogP contribution in [-0.4, -0.2) is 15.0 Å². The van der Waals surface area contributed by atoms with Crippen LogP contribution >= 0.6 is 33.9 Å². The van der Waals surface area contributed by atoms with Gasteiger partial charge in [-0.05, 0) is 59.8 Å². The van der Waals surface area contributed by atoms with Crippen LogP contribution in [0.4, 0.5) is 5.69 Å². The second-order valence-electron chi connectivity index (χ2n) is 3.84. The second-order valence-corrected chi connectivity index (χ2v) is 8.08. The van der Waals surface area contributed by atoms with Crippen molar-refractivity contribution in [3.63, 3.8) is 0 Å². The highest BCUT2D eigenvalue weighted by molar-refractivity contribution is 14.1. The maximum absolute atomic E-state index is 12.2. The van der Waals surface area contributed by atoms with Crippen LogP contribution in [0.25, 0.3) is 0 Å². The van der Waals surface area contributed by atoms with Crippen LogP contribution < -0.4 is 10.5 Å². The fourth-order valence-electron chi connectivity index (χ4n) is 1.52. The Morgan fingerprint density at radius 1 is 1.21 bits per heavy atom. The van der Waals surface area contributed by atoms with Crippen LogP contribution in [0.3, 0.4) is 0 Å². The van der Waals surface area contributed by atoms with Crippen molar-refractivity contribution in [2.75, 3.05) is 11.3 Å². The molecule has 0 atom stereocenters. The van der Waals surface area contributed by atoms with Crippen molar-refractivity contribution in [1.82, 2.24) is 0 Å². The summed E-state index contributed by atoms with van der Waals surface area (Å²) < 4.78 is 28.3. The molecule has 0 radical (unpaired) electrons. The van der Waals surface area contributed by atoms with E-state index < -0.39 is 10.0 Å². The summed E-state index contributed by atoms with van der Waals surface area (Å²) in [5.74, 6) is 0. The summed E-state index contributed by atoms with van der Waals surface area (Å²) in [4.78, 5) is 0.977. The molecule has 19 heavy (non-hydrogen) atoms. The van der Waals surface area contributed by atoms with E-state index in [1.807, 2.05) is 18.2 Å². The SMILES string of the molecule is NCCc1ccc(S(=O)(=O)Nc2ccccc2I)s1. The summed E-state index contributed by atoms with van der Waals surface area (Å²) in [7, 11) is -3.51. The number of hydrogen-bond acceptors (Lipinski definition) is 4. The zero-order chi connectivity index (χ0) is 13.9. The third-order valence-electron chi connectivity index (χ3n) is 2.41. The lowest BCUT2D eigenvalue weighted by Crippen LogP contribution is -2.12. The second kappa shape index (κ2) is 6.21. The van der Waals surface area contributed by atoms with Crippen molar-refractivity contribution in [2.24, 2.45) is 5.73 Å². The van der Waals surface area contributed by atoms with E-state index in [1.54, 1.807) is 18.2 Å². The van der Waals surface area contributed by atoms with Gasteiger partial charge in [0.05, 0.1) is 5.69 Å². The van der Waals surface area contributed by atoms with Gasteiger partial charge >= 0.3 is 0 Å². The number of benzene rings is 1. The molecule has 1 aromatic carbocycles. The van der Waals surface area contributed by atoms with E-state index in [4.69, 9.17) is 5.73 Å². The Bertz CT molecular complexity index is 668. The molecule has 2 aromatic rings. The number of thiophene rings is 1. The smallest absolute Gasteiger partial charge is 0.271 e. The van der Waals surface area contributed by atoms with E-state index in [9.17, 15) is 8.42 Å². The molecule has 0 unspecified atom stereocenters. The van der Waals surface area contributed by atoms with Crippen LogP contribution in [0, 0.1) is 3.57 Å². The van der Waals surface area contributed by atoms with E-state index in [0.717, 1.165) is 8.45 Å². The molecule has 0 spiro atoms. The third-order valence-corrected chi connectivity index (χ3v) is 6.35. The number of rotatable bonds is 5. The molecule has 7 heteroatoms. The van der Waals surface area contributed by atoms with Gasteiger partial charge in [0.1, 0.15) is 4.21 Å². The monoisotopic (exact) mass is 408 g/mol. The minimum Gasteiger partial charge on any atom is -0.330 e. The molecule has 0 aliphatic heterocycles. The van der Waals surface area contributed by atoms with Gasteiger partial charge in [0, 0.05) is 8.45 Å². The van der Waals surface area contributed by atoms with Crippen LogP contribution in [0.2, 0.25) is 0 Å². The zero-order valence-corrected chi connectivity index (χ0v) is 13.8. The van der Waals surface area contributed by atoms with E-state index in [2.05, 4.69) is 27.3 Å². The molecule has 0 bridgehead atoms. The molecule has 4 nitrogen and oxygen atoms in total. The summed E-state index contributed by atoms with van der Waals surface area (Å²) in [6.07, 6.45) is 0.697. The molecular weight excluding hydrogens is 395 g/mol. The zero-order valence-electron chi connectivity index (χ0n) is 9.97. The van der Waals surface area contributed by atoms with Gasteiger partial charge in [0.2, 0.25) is 0 Å². The maximum atomic E-state index is 12.2. The number of halogens is 1. The summed E-state index contributed by atoms with van der Waals surface area (Å²) in [5.41, 5.74) is 6.06. The normalized spacial score (nSPS) is 11.5. The van der Waals surface area contributed by atoms with Gasteiger partial charge in [-0.2, -0.15) is 0 Å². The van der Waals surface area contributed by atoms with Gasteiger partial charge in [-0.15, -0.1) is 11.3 Å². The molecule has 0 aliphatic carbocycles. The lowest BCUT2D eigenvalue weighted by molar-refractivity contribution is 0.603. The van der Waals surface area contributed by atoms with E-state index in [-0.39, 0.29) is 0 Å². The Balaban J connectivity index is 2.25. The lowest BCUT2D eigenvalue weighted by Gasteiger charge is -2.07. The molecule has 1 aromatic heterocycles. The molecule has 0 saturated heterocycles. The average molecular weight is 408 g/mol. The Kier molecular flexibility index (Phi) is 4.82. The number of nitrogens with one attached hydrogen (secondary N) is 1. The van der Waals surface area contributed by atoms with Crippen molar-refractivity contribution in [2.45, 2.75) is 10.6 Å². The molecule has 102 valence electrons. The van der Waals surface area contributed by atoms with E-state index in [1.165, 1.54) is 11.3 Å². The van der Waals surface area contributed by atoms with E-state index >= 15 is 0 Å². The first kappa shape index (κ1) is 14.8. The standard InChI is InChI=1S/C12H13IN2O2S2/c13-10-3-1-2-4-11(10)15-19(16,17)12-6-5-9(18-12)7-8-14/h1-6,15H,7-8,14H2. The first-order valence-electron chi connectivity index (χ1n) is 5.59. The number of sulfonamides is 1. The van der Waals surface area contributed by atoms with Gasteiger partial charge in [-0.1, -0.05) is 12.1 Å². The highest BCUT2D eigenvalue weighted by Gasteiger charge is 2.17. The van der Waals surface area contributed by atoms with Crippen molar-refractivity contribution >= 4 is 49.6 Å². The molecule has 3 N–H and O–H groups in total. The minimum atomic E-state index is -3.51. The molecule has 1 heterocycles. The number of para-hydroxylation sites is 1. The van der Waals surface area contributed by atoms with Gasteiger partial charge < -0.3 is 5.73 Å². The maximum Gasteiger partial charge on any atom is 0.271 e. The van der Waals surface area contributed by atoms with Crippen molar-refractivity contribution in [1.29, 1.82) is 0 Å². The van der Waals surface area contributed by atoms with Crippen molar-refractivity contribution < 1.29 is 8.42 Å². The van der Waals surface area contributed by atoms with Crippen LogP contribution in [-0.2, 0) is 16.4 Å². The molecule has 0 amide bonds. The molecule has 0 saturated carbocycles. The van der Waals surface area contributed by atoms with Crippen LogP contribution in [0.1, 0.15) is 4.88 Å². The summed E-state index contributed by atoms with van der Waals surface area (Å²) >= 11 is 3.35. The van der Waals surface area contributed by atoms with E-state index in [0.29, 0.717) is 22.9 Å². The Morgan fingerprint density at radius 3 is 2.63 bits per heavy atom. The fraction of sp³-hybridized carbons (Fsp3) is 0.167. The highest BCUT2D eigenvalue weighted by atomic mass is 127. The highest BCUT2D eigenvalue weighted by Crippen LogP contribution is 2.26. The Hall–Kier alpha value is -0.640. The minimum absolute atomic E-state index is 0.315. The Morgan fingerprint density at radius 2 is 1.95 bits per heavy atom. The van der Waals surface area contributed by atoms with Crippen molar-refractivity contribution in [3.05, 3.63) is 44.8 Å². The molecule has 0 aliphatic rings.